The van der Waals surface area contributed by atoms with Gasteiger partial charge in [-0.25, -0.2) is 4.39 Å². The maximum atomic E-state index is 13.3. The second-order valence-corrected chi connectivity index (χ2v) is 4.90. The van der Waals surface area contributed by atoms with Crippen molar-refractivity contribution in [2.45, 2.75) is 19.4 Å². The number of benzene rings is 1. The van der Waals surface area contributed by atoms with Crippen molar-refractivity contribution in [3.8, 4) is 5.75 Å². The van der Waals surface area contributed by atoms with E-state index in [1.54, 1.807) is 0 Å². The lowest BCUT2D eigenvalue weighted by Crippen LogP contribution is -2.44. The van der Waals surface area contributed by atoms with Gasteiger partial charge in [0.15, 0.2) is 5.78 Å². The van der Waals surface area contributed by atoms with E-state index in [2.05, 4.69) is 6.92 Å². The van der Waals surface area contributed by atoms with Gasteiger partial charge in [-0.1, -0.05) is 6.92 Å². The Labute approximate surface area is 118 Å². The molecule has 1 atom stereocenters. The molecule has 0 bridgehead atoms. The van der Waals surface area contributed by atoms with E-state index in [9.17, 15) is 9.18 Å². The van der Waals surface area contributed by atoms with Crippen LogP contribution < -0.4 is 4.74 Å². The molecule has 0 radical (unpaired) electrons. The van der Waals surface area contributed by atoms with E-state index in [4.69, 9.17) is 9.47 Å². The Morgan fingerprint density at radius 3 is 3.05 bits per heavy atom. The molecule has 1 aliphatic rings. The van der Waals surface area contributed by atoms with Crippen LogP contribution in [0.4, 0.5) is 4.39 Å². The Morgan fingerprint density at radius 1 is 1.55 bits per heavy atom. The quantitative estimate of drug-likeness (QED) is 0.775. The van der Waals surface area contributed by atoms with Crippen LogP contribution in [0.3, 0.4) is 0 Å². The van der Waals surface area contributed by atoms with Gasteiger partial charge in [-0.15, -0.1) is 0 Å². The highest BCUT2D eigenvalue weighted by Crippen LogP contribution is 2.20. The fourth-order valence-electron chi connectivity index (χ4n) is 2.36. The number of hydrogen-bond acceptors (Lipinski definition) is 4. The monoisotopic (exact) mass is 281 g/mol. The molecule has 4 nitrogen and oxygen atoms in total. The normalized spacial score (nSPS) is 19.9. The van der Waals surface area contributed by atoms with Gasteiger partial charge in [0, 0.05) is 13.1 Å². The van der Waals surface area contributed by atoms with Crippen LogP contribution in [0, 0.1) is 5.82 Å². The second kappa shape index (κ2) is 6.81. The van der Waals surface area contributed by atoms with Crippen LogP contribution in [-0.4, -0.2) is 50.1 Å². The maximum absolute atomic E-state index is 13.3. The Hall–Kier alpha value is -1.46. The molecule has 0 spiro atoms. The molecule has 1 unspecified atom stereocenters. The molecule has 1 aliphatic heterocycles. The summed E-state index contributed by atoms with van der Waals surface area (Å²) < 4.78 is 24.0. The molecule has 1 aromatic rings. The van der Waals surface area contributed by atoms with E-state index < -0.39 is 5.82 Å². The molecule has 5 heteroatoms. The standard InChI is InChI=1S/C15H20FNO3/c1-3-12-9-17(6-7-20-12)10-14(18)13-8-11(16)4-5-15(13)19-2/h4-5,8,12H,3,6-7,9-10H2,1-2H3. The Balaban J connectivity index is 2.06. The zero-order valence-electron chi connectivity index (χ0n) is 11.9. The topological polar surface area (TPSA) is 38.8 Å². The molecular weight excluding hydrogens is 261 g/mol. The number of rotatable bonds is 5. The largest absolute Gasteiger partial charge is 0.496 e. The number of ether oxygens (including phenoxy) is 2. The number of halogens is 1. The number of morpholine rings is 1. The first-order chi connectivity index (χ1) is 9.63. The molecule has 0 aromatic heterocycles. The Morgan fingerprint density at radius 2 is 2.35 bits per heavy atom. The van der Waals surface area contributed by atoms with E-state index in [0.717, 1.165) is 19.5 Å². The fourth-order valence-corrected chi connectivity index (χ4v) is 2.36. The summed E-state index contributed by atoms with van der Waals surface area (Å²) in [5, 5.41) is 0. The lowest BCUT2D eigenvalue weighted by atomic mass is 10.1. The Kier molecular flexibility index (Phi) is 5.09. The van der Waals surface area contributed by atoms with Crippen LogP contribution in [0.1, 0.15) is 23.7 Å². The number of Topliss-reactive ketones (excluding diaryl/α,β-unsaturated/α-hetero) is 1. The van der Waals surface area contributed by atoms with Crippen LogP contribution in [0.5, 0.6) is 5.75 Å². The van der Waals surface area contributed by atoms with Gasteiger partial charge in [-0.05, 0) is 24.6 Å². The fraction of sp³-hybridized carbons (Fsp3) is 0.533. The van der Waals surface area contributed by atoms with Crippen LogP contribution in [0.2, 0.25) is 0 Å². The molecular formula is C15H20FNO3. The van der Waals surface area contributed by atoms with Crippen LogP contribution >= 0.6 is 0 Å². The van der Waals surface area contributed by atoms with Crippen molar-refractivity contribution < 1.29 is 18.7 Å². The maximum Gasteiger partial charge on any atom is 0.180 e. The lowest BCUT2D eigenvalue weighted by molar-refractivity contribution is -0.0271. The smallest absolute Gasteiger partial charge is 0.180 e. The first-order valence-corrected chi connectivity index (χ1v) is 6.84. The molecule has 20 heavy (non-hydrogen) atoms. The van der Waals surface area contributed by atoms with Crippen molar-refractivity contribution >= 4 is 5.78 Å². The predicted molar refractivity (Wildman–Crippen MR) is 73.8 cm³/mol. The third-order valence-electron chi connectivity index (χ3n) is 3.51. The molecule has 2 rings (SSSR count). The number of methoxy groups -OCH3 is 1. The van der Waals surface area contributed by atoms with Crippen molar-refractivity contribution in [1.82, 2.24) is 4.90 Å². The number of ketones is 1. The zero-order chi connectivity index (χ0) is 14.5. The van der Waals surface area contributed by atoms with Gasteiger partial charge < -0.3 is 9.47 Å². The SMILES string of the molecule is CCC1CN(CC(=O)c2cc(F)ccc2OC)CCO1. The van der Waals surface area contributed by atoms with Gasteiger partial charge in [0.1, 0.15) is 11.6 Å². The number of carbonyl (C=O) groups is 1. The minimum absolute atomic E-state index is 0.127. The molecule has 110 valence electrons. The number of carbonyl (C=O) groups excluding carboxylic acids is 1. The molecule has 1 fully saturated rings. The van der Waals surface area contributed by atoms with E-state index >= 15 is 0 Å². The number of nitrogens with zero attached hydrogens (tertiary/aromatic N) is 1. The third-order valence-corrected chi connectivity index (χ3v) is 3.51. The van der Waals surface area contributed by atoms with E-state index in [0.29, 0.717) is 17.9 Å². The summed E-state index contributed by atoms with van der Waals surface area (Å²) >= 11 is 0. The van der Waals surface area contributed by atoms with Gasteiger partial charge in [0.25, 0.3) is 0 Å². The van der Waals surface area contributed by atoms with E-state index in [1.165, 1.54) is 25.3 Å². The molecule has 0 aliphatic carbocycles. The highest BCUT2D eigenvalue weighted by Gasteiger charge is 2.22. The lowest BCUT2D eigenvalue weighted by Gasteiger charge is -2.31. The minimum atomic E-state index is -0.428. The van der Waals surface area contributed by atoms with Crippen LogP contribution in [0.15, 0.2) is 18.2 Å². The minimum Gasteiger partial charge on any atom is -0.496 e. The van der Waals surface area contributed by atoms with E-state index in [-0.39, 0.29) is 18.4 Å². The molecule has 1 heterocycles. The van der Waals surface area contributed by atoms with Crippen LogP contribution in [-0.2, 0) is 4.74 Å². The van der Waals surface area contributed by atoms with Crippen molar-refractivity contribution in [3.05, 3.63) is 29.6 Å². The average Bonchev–Trinajstić information content (AvgIpc) is 2.47. The van der Waals surface area contributed by atoms with Gasteiger partial charge in [0.2, 0.25) is 0 Å². The van der Waals surface area contributed by atoms with Crippen LogP contribution in [0.25, 0.3) is 0 Å². The summed E-state index contributed by atoms with van der Waals surface area (Å²) in [5.41, 5.74) is 0.298. The Bertz CT molecular complexity index is 478. The molecule has 0 saturated carbocycles. The predicted octanol–water partition coefficient (Wildman–Crippen LogP) is 2.13. The van der Waals surface area contributed by atoms with Crippen molar-refractivity contribution in [3.63, 3.8) is 0 Å². The second-order valence-electron chi connectivity index (χ2n) is 4.90. The highest BCUT2D eigenvalue weighted by atomic mass is 19.1. The van der Waals surface area contributed by atoms with Gasteiger partial charge in [-0.2, -0.15) is 0 Å². The van der Waals surface area contributed by atoms with Gasteiger partial charge in [-0.3, -0.25) is 9.69 Å². The molecule has 0 N–H and O–H groups in total. The first kappa shape index (κ1) is 14.9. The summed E-state index contributed by atoms with van der Waals surface area (Å²) in [6, 6.07) is 4.01. The average molecular weight is 281 g/mol. The highest BCUT2D eigenvalue weighted by molar-refractivity contribution is 6.00. The summed E-state index contributed by atoms with van der Waals surface area (Å²) in [7, 11) is 1.48. The van der Waals surface area contributed by atoms with E-state index in [1.807, 2.05) is 4.90 Å². The van der Waals surface area contributed by atoms with Gasteiger partial charge in [0.05, 0.1) is 31.9 Å². The van der Waals surface area contributed by atoms with Crippen molar-refractivity contribution in [1.29, 1.82) is 0 Å². The molecule has 0 amide bonds. The molecule has 1 saturated heterocycles. The van der Waals surface area contributed by atoms with Crippen molar-refractivity contribution in [2.24, 2.45) is 0 Å². The summed E-state index contributed by atoms with van der Waals surface area (Å²) in [4.78, 5) is 14.4. The first-order valence-electron chi connectivity index (χ1n) is 6.84. The summed E-state index contributed by atoms with van der Waals surface area (Å²) in [6.07, 6.45) is 1.10. The number of hydrogen-bond donors (Lipinski definition) is 0. The summed E-state index contributed by atoms with van der Waals surface area (Å²) in [5.74, 6) is -0.141. The van der Waals surface area contributed by atoms with Crippen molar-refractivity contribution in [2.75, 3.05) is 33.4 Å². The zero-order valence-corrected chi connectivity index (χ0v) is 11.9. The third kappa shape index (κ3) is 3.55. The summed E-state index contributed by atoms with van der Waals surface area (Å²) in [6.45, 7) is 4.41. The molecule has 1 aromatic carbocycles. The van der Waals surface area contributed by atoms with Gasteiger partial charge >= 0.3 is 0 Å².